The molecule has 0 heterocycles. The first kappa shape index (κ1) is 11.5. The van der Waals surface area contributed by atoms with Gasteiger partial charge in [-0.15, -0.1) is 0 Å². The van der Waals surface area contributed by atoms with E-state index in [-0.39, 0.29) is 0 Å². The van der Waals surface area contributed by atoms with Crippen LogP contribution < -0.4 is 5.32 Å². The third-order valence-corrected chi connectivity index (χ3v) is 3.72. The molecule has 0 saturated heterocycles. The number of benzene rings is 1. The van der Waals surface area contributed by atoms with E-state index in [0.717, 1.165) is 0 Å². The number of anilines is 1. The Balaban J connectivity index is 2.07. The molecule has 2 rings (SSSR count). The van der Waals surface area contributed by atoms with Gasteiger partial charge in [-0.05, 0) is 55.7 Å². The topological polar surface area (TPSA) is 12.0 Å². The summed E-state index contributed by atoms with van der Waals surface area (Å²) < 4.78 is 0. The summed E-state index contributed by atoms with van der Waals surface area (Å²) in [5, 5.41) is 3.71. The molecule has 88 valence electrons. The summed E-state index contributed by atoms with van der Waals surface area (Å²) in [5.74, 6) is 0. The second kappa shape index (κ2) is 4.12. The van der Waals surface area contributed by atoms with Crippen molar-refractivity contribution in [3.8, 4) is 0 Å². The molecule has 0 aromatic heterocycles. The lowest BCUT2D eigenvalue weighted by molar-refractivity contribution is 0.378. The van der Waals surface area contributed by atoms with Crippen LogP contribution in [0.5, 0.6) is 0 Å². The van der Waals surface area contributed by atoms with E-state index in [4.69, 9.17) is 0 Å². The molecule has 0 bridgehead atoms. The lowest BCUT2D eigenvalue weighted by atomic mass is 9.92. The second-order valence-corrected chi connectivity index (χ2v) is 6.07. The minimum atomic E-state index is 0.523. The van der Waals surface area contributed by atoms with E-state index < -0.39 is 0 Å². The standard InChI is InChI=1S/C15H23N/c1-11-5-6-12(2)14(9-11)16-13-7-8-15(3,4)10-13/h5-6,9,13,16H,7-8,10H2,1-4H3. The highest BCUT2D eigenvalue weighted by Gasteiger charge is 2.30. The van der Waals surface area contributed by atoms with Crippen LogP contribution in [0, 0.1) is 19.3 Å². The van der Waals surface area contributed by atoms with E-state index in [1.807, 2.05) is 0 Å². The lowest BCUT2D eigenvalue weighted by Crippen LogP contribution is -2.18. The number of nitrogens with one attached hydrogen (secondary N) is 1. The van der Waals surface area contributed by atoms with Gasteiger partial charge in [0.2, 0.25) is 0 Å². The van der Waals surface area contributed by atoms with E-state index >= 15 is 0 Å². The maximum atomic E-state index is 3.71. The molecule has 1 atom stereocenters. The molecule has 1 fully saturated rings. The Labute approximate surface area is 99.3 Å². The highest BCUT2D eigenvalue weighted by atomic mass is 14.9. The maximum absolute atomic E-state index is 3.71. The van der Waals surface area contributed by atoms with E-state index in [2.05, 4.69) is 51.2 Å². The Hall–Kier alpha value is -0.980. The van der Waals surface area contributed by atoms with Gasteiger partial charge in [-0.3, -0.25) is 0 Å². The van der Waals surface area contributed by atoms with Gasteiger partial charge in [-0.2, -0.15) is 0 Å². The number of hydrogen-bond donors (Lipinski definition) is 1. The molecule has 1 aliphatic rings. The fourth-order valence-corrected chi connectivity index (χ4v) is 2.67. The molecular formula is C15H23N. The molecule has 1 heteroatoms. The smallest absolute Gasteiger partial charge is 0.0374 e. The van der Waals surface area contributed by atoms with Crippen molar-refractivity contribution in [1.29, 1.82) is 0 Å². The van der Waals surface area contributed by atoms with Gasteiger partial charge < -0.3 is 5.32 Å². The maximum Gasteiger partial charge on any atom is 0.0374 e. The van der Waals surface area contributed by atoms with Crippen molar-refractivity contribution in [3.63, 3.8) is 0 Å². The molecule has 0 radical (unpaired) electrons. The Morgan fingerprint density at radius 3 is 2.62 bits per heavy atom. The summed E-state index contributed by atoms with van der Waals surface area (Å²) in [5.41, 5.74) is 4.54. The summed E-state index contributed by atoms with van der Waals surface area (Å²) >= 11 is 0. The quantitative estimate of drug-likeness (QED) is 0.779. The van der Waals surface area contributed by atoms with Gasteiger partial charge in [0.05, 0.1) is 0 Å². The van der Waals surface area contributed by atoms with Crippen LogP contribution in [0.3, 0.4) is 0 Å². The first-order valence-corrected chi connectivity index (χ1v) is 6.30. The van der Waals surface area contributed by atoms with Gasteiger partial charge in [-0.25, -0.2) is 0 Å². The van der Waals surface area contributed by atoms with Crippen LogP contribution in [0.25, 0.3) is 0 Å². The predicted octanol–water partition coefficient (Wildman–Crippen LogP) is 4.29. The van der Waals surface area contributed by atoms with Gasteiger partial charge in [0, 0.05) is 11.7 Å². The van der Waals surface area contributed by atoms with Crippen molar-refractivity contribution >= 4 is 5.69 Å². The molecule has 1 N–H and O–H groups in total. The van der Waals surface area contributed by atoms with Gasteiger partial charge in [-0.1, -0.05) is 26.0 Å². The highest BCUT2D eigenvalue weighted by molar-refractivity contribution is 5.53. The average molecular weight is 217 g/mol. The summed E-state index contributed by atoms with van der Waals surface area (Å²) in [6.45, 7) is 9.08. The first-order valence-electron chi connectivity index (χ1n) is 6.30. The van der Waals surface area contributed by atoms with E-state index in [1.165, 1.54) is 36.1 Å². The minimum absolute atomic E-state index is 0.523. The molecule has 1 saturated carbocycles. The van der Waals surface area contributed by atoms with Gasteiger partial charge in [0.25, 0.3) is 0 Å². The SMILES string of the molecule is Cc1ccc(C)c(NC2CCC(C)(C)C2)c1. The summed E-state index contributed by atoms with van der Waals surface area (Å²) in [4.78, 5) is 0. The van der Waals surface area contributed by atoms with Gasteiger partial charge in [0.1, 0.15) is 0 Å². The van der Waals surface area contributed by atoms with Gasteiger partial charge >= 0.3 is 0 Å². The summed E-state index contributed by atoms with van der Waals surface area (Å²) in [7, 11) is 0. The van der Waals surface area contributed by atoms with Crippen molar-refractivity contribution in [2.24, 2.45) is 5.41 Å². The first-order chi connectivity index (χ1) is 7.46. The molecular weight excluding hydrogens is 194 g/mol. The van der Waals surface area contributed by atoms with E-state index in [9.17, 15) is 0 Å². The van der Waals surface area contributed by atoms with E-state index in [0.29, 0.717) is 11.5 Å². The van der Waals surface area contributed by atoms with Crippen LogP contribution >= 0.6 is 0 Å². The van der Waals surface area contributed by atoms with Crippen molar-refractivity contribution in [2.75, 3.05) is 5.32 Å². The van der Waals surface area contributed by atoms with Crippen LogP contribution in [0.15, 0.2) is 18.2 Å². The zero-order chi connectivity index (χ0) is 11.8. The Morgan fingerprint density at radius 1 is 1.25 bits per heavy atom. The number of rotatable bonds is 2. The molecule has 1 aliphatic carbocycles. The normalized spacial score (nSPS) is 23.4. The van der Waals surface area contributed by atoms with Crippen LogP contribution in [0.2, 0.25) is 0 Å². The zero-order valence-electron chi connectivity index (χ0n) is 10.9. The molecule has 0 spiro atoms. The van der Waals surface area contributed by atoms with Crippen LogP contribution in [-0.4, -0.2) is 6.04 Å². The fraction of sp³-hybridized carbons (Fsp3) is 0.600. The summed E-state index contributed by atoms with van der Waals surface area (Å²) in [6, 6.07) is 7.31. The second-order valence-electron chi connectivity index (χ2n) is 6.07. The summed E-state index contributed by atoms with van der Waals surface area (Å²) in [6.07, 6.45) is 3.94. The monoisotopic (exact) mass is 217 g/mol. The third kappa shape index (κ3) is 2.58. The molecule has 0 aliphatic heterocycles. The zero-order valence-corrected chi connectivity index (χ0v) is 10.9. The molecule has 1 aromatic rings. The molecule has 1 unspecified atom stereocenters. The Bertz CT molecular complexity index is 379. The van der Waals surface area contributed by atoms with Crippen molar-refractivity contribution in [3.05, 3.63) is 29.3 Å². The fourth-order valence-electron chi connectivity index (χ4n) is 2.67. The molecule has 0 amide bonds. The average Bonchev–Trinajstić information content (AvgIpc) is 2.52. The molecule has 1 aromatic carbocycles. The van der Waals surface area contributed by atoms with Crippen LogP contribution in [0.4, 0.5) is 5.69 Å². The minimum Gasteiger partial charge on any atom is -0.382 e. The number of hydrogen-bond acceptors (Lipinski definition) is 1. The van der Waals surface area contributed by atoms with Crippen molar-refractivity contribution in [1.82, 2.24) is 0 Å². The molecule has 1 nitrogen and oxygen atoms in total. The van der Waals surface area contributed by atoms with Crippen molar-refractivity contribution < 1.29 is 0 Å². The van der Waals surface area contributed by atoms with E-state index in [1.54, 1.807) is 0 Å². The largest absolute Gasteiger partial charge is 0.382 e. The highest BCUT2D eigenvalue weighted by Crippen LogP contribution is 2.38. The van der Waals surface area contributed by atoms with Crippen LogP contribution in [-0.2, 0) is 0 Å². The number of aryl methyl sites for hydroxylation is 2. The Kier molecular flexibility index (Phi) is 2.96. The van der Waals surface area contributed by atoms with Crippen LogP contribution in [0.1, 0.15) is 44.2 Å². The van der Waals surface area contributed by atoms with Crippen molar-refractivity contribution in [2.45, 2.75) is 53.0 Å². The third-order valence-electron chi connectivity index (χ3n) is 3.72. The Morgan fingerprint density at radius 2 is 2.00 bits per heavy atom. The predicted molar refractivity (Wildman–Crippen MR) is 71.0 cm³/mol. The van der Waals surface area contributed by atoms with Gasteiger partial charge in [0.15, 0.2) is 0 Å². The lowest BCUT2D eigenvalue weighted by Gasteiger charge is -2.20. The molecule has 16 heavy (non-hydrogen) atoms.